The second kappa shape index (κ2) is 8.77. The third kappa shape index (κ3) is 4.61. The van der Waals surface area contributed by atoms with Crippen LogP contribution in [0.25, 0.3) is 10.9 Å². The van der Waals surface area contributed by atoms with Crippen molar-refractivity contribution in [3.63, 3.8) is 0 Å². The van der Waals surface area contributed by atoms with Crippen molar-refractivity contribution in [3.05, 3.63) is 80.8 Å². The van der Waals surface area contributed by atoms with E-state index in [1.807, 2.05) is 13.0 Å². The van der Waals surface area contributed by atoms with Gasteiger partial charge in [-0.3, -0.25) is 19.4 Å². The van der Waals surface area contributed by atoms with E-state index in [9.17, 15) is 22.8 Å². The van der Waals surface area contributed by atoms with Gasteiger partial charge in [0.15, 0.2) is 9.84 Å². The summed E-state index contributed by atoms with van der Waals surface area (Å²) >= 11 is 0. The van der Waals surface area contributed by atoms with Crippen LogP contribution in [0.1, 0.15) is 57.2 Å². The van der Waals surface area contributed by atoms with Gasteiger partial charge in [0.25, 0.3) is 17.4 Å². The third-order valence-electron chi connectivity index (χ3n) is 6.49. The molecule has 3 aromatic rings. The number of benzene rings is 1. The normalized spacial score (nSPS) is 18.8. The van der Waals surface area contributed by atoms with E-state index < -0.39 is 27.3 Å². The van der Waals surface area contributed by atoms with Gasteiger partial charge in [-0.2, -0.15) is 0 Å². The van der Waals surface area contributed by atoms with Crippen molar-refractivity contribution in [1.29, 1.82) is 0 Å². The number of nitrogens with one attached hydrogen (secondary N) is 3. The van der Waals surface area contributed by atoms with Gasteiger partial charge >= 0.3 is 0 Å². The fraction of sp³-hybridized carbons (Fsp3) is 0.280. The van der Waals surface area contributed by atoms with Crippen LogP contribution >= 0.6 is 0 Å². The second-order valence-electron chi connectivity index (χ2n) is 9.01. The van der Waals surface area contributed by atoms with Crippen LogP contribution in [-0.2, 0) is 9.84 Å². The molecule has 0 saturated heterocycles. The Morgan fingerprint density at radius 2 is 1.91 bits per heavy atom. The summed E-state index contributed by atoms with van der Waals surface area (Å²) in [5.74, 6) is -1.07. The SMILES string of the molecule is Cc1ccc(NC(=O)c2c(C3CCC3)ccc3cc(C(=O)N[C@@H]4C=CS(=O)(=O)C4)c(=O)[nH]c23)cn1. The molecule has 0 spiro atoms. The lowest BCUT2D eigenvalue weighted by molar-refractivity contribution is 0.0945. The first-order chi connectivity index (χ1) is 16.7. The summed E-state index contributed by atoms with van der Waals surface area (Å²) in [5.41, 5.74) is 2.14. The van der Waals surface area contributed by atoms with Crippen LogP contribution in [0.3, 0.4) is 0 Å². The molecule has 5 rings (SSSR count). The van der Waals surface area contributed by atoms with Gasteiger partial charge < -0.3 is 15.6 Å². The Balaban J connectivity index is 1.52. The summed E-state index contributed by atoms with van der Waals surface area (Å²) in [6, 6.07) is 7.96. The molecule has 2 amide bonds. The minimum atomic E-state index is -3.35. The number of carbonyl (C=O) groups is 2. The number of fused-ring (bicyclic) bond motifs is 1. The van der Waals surface area contributed by atoms with Gasteiger partial charge in [-0.1, -0.05) is 18.6 Å². The third-order valence-corrected chi connectivity index (χ3v) is 7.88. The number of carbonyl (C=O) groups excluding carboxylic acids is 2. The molecule has 1 saturated carbocycles. The zero-order valence-corrected chi connectivity index (χ0v) is 19.8. The molecule has 1 atom stereocenters. The maximum Gasteiger partial charge on any atom is 0.261 e. The molecule has 0 bridgehead atoms. The summed E-state index contributed by atoms with van der Waals surface area (Å²) in [7, 11) is -3.35. The number of H-pyrrole nitrogens is 1. The van der Waals surface area contributed by atoms with E-state index in [0.29, 0.717) is 22.2 Å². The molecule has 1 fully saturated rings. The number of hydrogen-bond donors (Lipinski definition) is 3. The Hall–Kier alpha value is -3.79. The molecule has 0 unspecified atom stereocenters. The highest BCUT2D eigenvalue weighted by Crippen LogP contribution is 2.40. The molecule has 1 aliphatic heterocycles. The van der Waals surface area contributed by atoms with Crippen molar-refractivity contribution < 1.29 is 18.0 Å². The van der Waals surface area contributed by atoms with Crippen LogP contribution in [-0.4, -0.2) is 42.0 Å². The molecular weight excluding hydrogens is 468 g/mol. The monoisotopic (exact) mass is 492 g/mol. The first-order valence-electron chi connectivity index (χ1n) is 11.4. The van der Waals surface area contributed by atoms with E-state index in [1.54, 1.807) is 24.4 Å². The Kier molecular flexibility index (Phi) is 5.76. The van der Waals surface area contributed by atoms with Gasteiger partial charge in [0, 0.05) is 11.1 Å². The molecule has 1 aliphatic carbocycles. The number of rotatable bonds is 5. The molecular formula is C25H24N4O5S. The van der Waals surface area contributed by atoms with E-state index in [-0.39, 0.29) is 23.1 Å². The smallest absolute Gasteiger partial charge is 0.261 e. The van der Waals surface area contributed by atoms with E-state index >= 15 is 0 Å². The van der Waals surface area contributed by atoms with Crippen molar-refractivity contribution in [1.82, 2.24) is 15.3 Å². The molecule has 3 heterocycles. The lowest BCUT2D eigenvalue weighted by atomic mass is 9.77. The maximum atomic E-state index is 13.4. The number of pyridine rings is 2. The molecule has 180 valence electrons. The number of sulfone groups is 1. The Labute approximate surface area is 201 Å². The fourth-order valence-electron chi connectivity index (χ4n) is 4.41. The molecule has 9 nitrogen and oxygen atoms in total. The van der Waals surface area contributed by atoms with Gasteiger partial charge in [-0.05, 0) is 60.9 Å². The molecule has 35 heavy (non-hydrogen) atoms. The number of aromatic amines is 1. The van der Waals surface area contributed by atoms with Crippen molar-refractivity contribution in [3.8, 4) is 0 Å². The van der Waals surface area contributed by atoms with E-state index in [2.05, 4.69) is 20.6 Å². The topological polar surface area (TPSA) is 138 Å². The highest BCUT2D eigenvalue weighted by molar-refractivity contribution is 7.94. The highest BCUT2D eigenvalue weighted by Gasteiger charge is 2.28. The van der Waals surface area contributed by atoms with Gasteiger partial charge in [-0.25, -0.2) is 8.42 Å². The number of hydrogen-bond acceptors (Lipinski definition) is 6. The van der Waals surface area contributed by atoms with Gasteiger partial charge in [-0.15, -0.1) is 0 Å². The molecule has 3 N–H and O–H groups in total. The summed E-state index contributed by atoms with van der Waals surface area (Å²) in [6.07, 6.45) is 5.95. The standard InChI is InChI=1S/C25H24N4O5S/c1-14-5-7-17(12-26-14)27-25(32)21-19(15-3-2-4-15)8-6-16-11-20(24(31)29-22(16)21)23(30)28-18-9-10-35(33,34)13-18/h5-12,15,18H,2-4,13H2,1H3,(H,27,32)(H,28,30)(H,29,31)/t18-/m1/s1. The highest BCUT2D eigenvalue weighted by atomic mass is 32.2. The fourth-order valence-corrected chi connectivity index (χ4v) is 5.65. The largest absolute Gasteiger partial charge is 0.345 e. The first-order valence-corrected chi connectivity index (χ1v) is 13.1. The van der Waals surface area contributed by atoms with Crippen LogP contribution in [0, 0.1) is 6.92 Å². The van der Waals surface area contributed by atoms with Crippen LogP contribution in [0.2, 0.25) is 0 Å². The van der Waals surface area contributed by atoms with Gasteiger partial charge in [0.2, 0.25) is 0 Å². The van der Waals surface area contributed by atoms with Gasteiger partial charge in [0.1, 0.15) is 5.56 Å². The average molecular weight is 493 g/mol. The molecule has 2 aromatic heterocycles. The molecule has 2 aliphatic rings. The number of amides is 2. The summed E-state index contributed by atoms with van der Waals surface area (Å²) in [6.45, 7) is 1.85. The van der Waals surface area contributed by atoms with Gasteiger partial charge in [0.05, 0.1) is 34.8 Å². The molecule has 10 heteroatoms. The Morgan fingerprint density at radius 1 is 1.11 bits per heavy atom. The van der Waals surface area contributed by atoms with Crippen LogP contribution in [0.4, 0.5) is 5.69 Å². The Bertz CT molecular complexity index is 1540. The van der Waals surface area contributed by atoms with Crippen molar-refractivity contribution in [2.75, 3.05) is 11.1 Å². The zero-order valence-electron chi connectivity index (χ0n) is 19.0. The minimum Gasteiger partial charge on any atom is -0.345 e. The summed E-state index contributed by atoms with van der Waals surface area (Å²) in [5, 5.41) is 7.02. The number of nitrogens with zero attached hydrogens (tertiary/aromatic N) is 1. The summed E-state index contributed by atoms with van der Waals surface area (Å²) in [4.78, 5) is 46.0. The number of aromatic nitrogens is 2. The summed E-state index contributed by atoms with van der Waals surface area (Å²) < 4.78 is 23.2. The quantitative estimate of drug-likeness (QED) is 0.501. The predicted octanol–water partition coefficient (Wildman–Crippen LogP) is 2.79. The van der Waals surface area contributed by atoms with Crippen molar-refractivity contribution >= 4 is 38.2 Å². The van der Waals surface area contributed by atoms with E-state index in [1.165, 1.54) is 12.1 Å². The Morgan fingerprint density at radius 3 is 2.54 bits per heavy atom. The predicted molar refractivity (Wildman–Crippen MR) is 132 cm³/mol. The van der Waals surface area contributed by atoms with Crippen LogP contribution in [0.5, 0.6) is 0 Å². The lowest BCUT2D eigenvalue weighted by Crippen LogP contribution is -2.38. The second-order valence-corrected chi connectivity index (χ2v) is 10.9. The number of aryl methyl sites for hydroxylation is 1. The molecule has 1 aromatic carbocycles. The first kappa shape index (κ1) is 23.0. The zero-order chi connectivity index (χ0) is 24.7. The van der Waals surface area contributed by atoms with Crippen molar-refractivity contribution in [2.24, 2.45) is 0 Å². The minimum absolute atomic E-state index is 0.152. The lowest BCUT2D eigenvalue weighted by Gasteiger charge is -2.28. The van der Waals surface area contributed by atoms with Crippen LogP contribution < -0.4 is 16.2 Å². The number of anilines is 1. The van der Waals surface area contributed by atoms with Crippen LogP contribution in [0.15, 0.2) is 52.8 Å². The molecule has 0 radical (unpaired) electrons. The van der Waals surface area contributed by atoms with Crippen molar-refractivity contribution in [2.45, 2.75) is 38.1 Å². The maximum absolute atomic E-state index is 13.4. The average Bonchev–Trinajstić information content (AvgIpc) is 3.11. The van der Waals surface area contributed by atoms with E-state index in [4.69, 9.17) is 0 Å². The van der Waals surface area contributed by atoms with E-state index in [0.717, 1.165) is 35.9 Å².